The van der Waals surface area contributed by atoms with Crippen LogP contribution in [0.1, 0.15) is 44.5 Å². The van der Waals surface area contributed by atoms with E-state index in [0.717, 1.165) is 48.5 Å². The molecule has 0 amide bonds. The number of hydrogen-bond acceptors (Lipinski definition) is 10. The zero-order valence-electron chi connectivity index (χ0n) is 22.3. The van der Waals surface area contributed by atoms with Crippen molar-refractivity contribution in [2.75, 3.05) is 0 Å². The van der Waals surface area contributed by atoms with Crippen LogP contribution in [-0.4, -0.2) is 40.3 Å². The number of hydrogen-bond donors (Lipinski definition) is 4. The van der Waals surface area contributed by atoms with E-state index in [1.54, 1.807) is 0 Å². The second-order valence-corrected chi connectivity index (χ2v) is 10.2. The summed E-state index contributed by atoms with van der Waals surface area (Å²) in [6.45, 7) is 0. The molecule has 4 aromatic carbocycles. The van der Waals surface area contributed by atoms with E-state index >= 15 is 0 Å². The van der Waals surface area contributed by atoms with Crippen LogP contribution in [0.4, 0.5) is 22.7 Å². The van der Waals surface area contributed by atoms with Crippen LogP contribution in [0, 0.1) is 30.0 Å². The molecule has 1 aliphatic carbocycles. The minimum Gasteiger partial charge on any atom is -0.872 e. The van der Waals surface area contributed by atoms with Crippen molar-refractivity contribution in [1.29, 1.82) is 0 Å². The van der Waals surface area contributed by atoms with E-state index in [-0.39, 0.29) is 44.5 Å². The Hall–Kier alpha value is -6.32. The third-order valence-electron chi connectivity index (χ3n) is 7.35. The van der Waals surface area contributed by atoms with Gasteiger partial charge in [-0.25, -0.2) is 10.4 Å². The van der Waals surface area contributed by atoms with Crippen molar-refractivity contribution in [2.45, 2.75) is 25.7 Å². The average Bonchev–Trinajstić information content (AvgIpc) is 2.95. The second-order valence-electron chi connectivity index (χ2n) is 10.2. The van der Waals surface area contributed by atoms with Gasteiger partial charge in [0.1, 0.15) is 11.5 Å². The van der Waals surface area contributed by atoms with Crippen LogP contribution in [0.2, 0.25) is 0 Å². The van der Waals surface area contributed by atoms with Gasteiger partial charge in [0.05, 0.1) is 19.7 Å². The van der Waals surface area contributed by atoms with Crippen LogP contribution in [0.25, 0.3) is 0 Å². The van der Waals surface area contributed by atoms with Gasteiger partial charge < -0.3 is 20.4 Å². The van der Waals surface area contributed by atoms with Gasteiger partial charge in [0.15, 0.2) is 0 Å². The zero-order chi connectivity index (χ0) is 32.0. The number of rotatable bonds is 4. The minimum atomic E-state index is -0.788. The van der Waals surface area contributed by atoms with Gasteiger partial charge in [0.2, 0.25) is 0 Å². The van der Waals surface area contributed by atoms with Crippen LogP contribution in [0.15, 0.2) is 48.5 Å². The smallest absolute Gasteiger partial charge is 0.317 e. The zero-order valence-corrected chi connectivity index (χ0v) is 22.3. The minimum absolute atomic E-state index is 0.103. The molecule has 0 saturated heterocycles. The standard InChI is InChI=1S/C28H20N4O12/c33-25-13-1-14-6-22(30(39)40)8-16(26(14)34)3-18-10-24(32(43)44)12-20(28(18)36)4-19-11-23(31(41)42)9-17(27(19)35)2-15(25)7-21(5-13)29(37)38/h5-12H,1-4H2,(H4-2,33,34,35,36,37,38,39,40). The Morgan fingerprint density at radius 2 is 0.682 bits per heavy atom. The number of nitro benzene ring substituents is 2. The van der Waals surface area contributed by atoms with E-state index in [0.29, 0.717) is 0 Å². The highest BCUT2D eigenvalue weighted by atomic mass is 16.6. The van der Waals surface area contributed by atoms with Crippen molar-refractivity contribution in [3.63, 3.8) is 0 Å². The Balaban J connectivity index is 1.86. The highest BCUT2D eigenvalue weighted by molar-refractivity contribution is 5.61. The second kappa shape index (κ2) is 10.8. The van der Waals surface area contributed by atoms with Crippen molar-refractivity contribution in [3.05, 3.63) is 123 Å². The number of benzene rings is 4. The van der Waals surface area contributed by atoms with E-state index in [4.69, 9.17) is 0 Å². The molecule has 0 heterocycles. The molecule has 1 aliphatic rings. The monoisotopic (exact) mass is 604 g/mol. The molecule has 0 atom stereocenters. The first-order valence-corrected chi connectivity index (χ1v) is 12.7. The van der Waals surface area contributed by atoms with Crippen LogP contribution >= 0.6 is 0 Å². The first-order valence-electron chi connectivity index (χ1n) is 12.7. The van der Waals surface area contributed by atoms with Gasteiger partial charge in [0.25, 0.3) is 21.2 Å². The third-order valence-corrected chi connectivity index (χ3v) is 7.35. The summed E-state index contributed by atoms with van der Waals surface area (Å²) < 4.78 is 0. The van der Waals surface area contributed by atoms with Crippen molar-refractivity contribution < 1.29 is 50.5 Å². The van der Waals surface area contributed by atoms with Crippen LogP contribution in [0.3, 0.4) is 0 Å². The molecule has 5 rings (SSSR count). The van der Waals surface area contributed by atoms with E-state index in [1.165, 1.54) is 0 Å². The molecule has 0 radical (unpaired) electrons. The van der Waals surface area contributed by atoms with Gasteiger partial charge in [-0.1, -0.05) is 0 Å². The molecular formula is C28H20N4O12. The lowest BCUT2D eigenvalue weighted by Crippen LogP contribution is -2.10. The Morgan fingerprint density at radius 3 is 0.932 bits per heavy atom. The van der Waals surface area contributed by atoms with E-state index in [1.807, 2.05) is 0 Å². The average molecular weight is 604 g/mol. The first-order chi connectivity index (χ1) is 20.7. The normalized spacial score (nSPS) is 12.4. The highest BCUT2D eigenvalue weighted by Crippen LogP contribution is 2.40. The van der Waals surface area contributed by atoms with E-state index < -0.39 is 91.1 Å². The van der Waals surface area contributed by atoms with Gasteiger partial charge in [-0.3, -0.25) is 20.2 Å². The summed E-state index contributed by atoms with van der Waals surface area (Å²) in [5.41, 5.74) is -3.37. The molecule has 44 heavy (non-hydrogen) atoms. The SMILES string of the molecule is O=[N+]([O-])c1cc2c([O-])c(c1)Cc1cc([N+](=O)O)cc(c1O)Cc1cc([N+](=O)O)cc(c1O)Cc1cc([N+](=O)[O-])cc(c1[O-])C2. The predicted octanol–water partition coefficient (Wildman–Crippen LogP) is 3.34. The summed E-state index contributed by atoms with van der Waals surface area (Å²) in [6.07, 6.45) is -2.00. The summed E-state index contributed by atoms with van der Waals surface area (Å²) in [5, 5.41) is 92.1. The van der Waals surface area contributed by atoms with E-state index in [9.17, 15) is 60.9 Å². The number of phenols is 2. The lowest BCUT2D eigenvalue weighted by molar-refractivity contribution is -0.729. The summed E-state index contributed by atoms with van der Waals surface area (Å²) in [7, 11) is 0. The Kier molecular flexibility index (Phi) is 7.18. The molecule has 0 spiro atoms. The molecule has 16 nitrogen and oxygen atoms in total. The number of phenolic OH excluding ortho intramolecular Hbond substituents is 2. The fourth-order valence-corrected chi connectivity index (χ4v) is 5.27. The number of non-ortho nitro benzene ring substituents is 2. The fourth-order valence-electron chi connectivity index (χ4n) is 5.27. The molecule has 0 fully saturated rings. The molecular weight excluding hydrogens is 584 g/mol. The maximum absolute atomic E-state index is 13.5. The van der Waals surface area contributed by atoms with E-state index in [2.05, 4.69) is 0 Å². The Morgan fingerprint density at radius 1 is 0.455 bits per heavy atom. The largest absolute Gasteiger partial charge is 0.872 e. The number of nitrogens with zero attached hydrogens (tertiary/aromatic N) is 4. The molecule has 8 bridgehead atoms. The number of aromatic hydroxyl groups is 2. The lowest BCUT2D eigenvalue weighted by Gasteiger charge is -2.24. The van der Waals surface area contributed by atoms with Crippen molar-refractivity contribution in [1.82, 2.24) is 0 Å². The van der Waals surface area contributed by atoms with Gasteiger partial charge in [0, 0.05) is 90.0 Å². The molecule has 0 aromatic heterocycles. The molecule has 16 heteroatoms. The fraction of sp³-hybridized carbons (Fsp3) is 0.143. The maximum Gasteiger partial charge on any atom is 0.317 e. The van der Waals surface area contributed by atoms with Crippen molar-refractivity contribution in [2.24, 2.45) is 0 Å². The summed E-state index contributed by atoms with van der Waals surface area (Å²) in [4.78, 5) is 44.6. The lowest BCUT2D eigenvalue weighted by atomic mass is 9.90. The Labute approximate surface area is 245 Å². The number of fused-ring (bicyclic) bond motifs is 8. The summed E-state index contributed by atoms with van der Waals surface area (Å²) >= 11 is 0. The molecule has 0 unspecified atom stereocenters. The van der Waals surface area contributed by atoms with Gasteiger partial charge >= 0.3 is 11.4 Å². The molecule has 4 aromatic rings. The molecule has 4 N–H and O–H groups in total. The molecule has 0 aliphatic heterocycles. The quantitative estimate of drug-likeness (QED) is 0.170. The summed E-state index contributed by atoms with van der Waals surface area (Å²) in [5.74, 6) is -2.55. The van der Waals surface area contributed by atoms with Crippen LogP contribution in [0.5, 0.6) is 23.0 Å². The maximum atomic E-state index is 13.5. The van der Waals surface area contributed by atoms with Crippen molar-refractivity contribution >= 4 is 22.7 Å². The van der Waals surface area contributed by atoms with Crippen LogP contribution < -0.4 is 10.2 Å². The van der Waals surface area contributed by atoms with Crippen molar-refractivity contribution in [3.8, 4) is 23.0 Å². The van der Waals surface area contributed by atoms with Gasteiger partial charge in [-0.05, 0) is 28.7 Å². The number of nitro groups is 2. The van der Waals surface area contributed by atoms with Crippen LogP contribution in [-0.2, 0) is 25.7 Å². The molecule has 224 valence electrons. The molecule has 0 saturated carbocycles. The Bertz CT molecular complexity index is 1570. The third kappa shape index (κ3) is 5.34. The van der Waals surface area contributed by atoms with Gasteiger partial charge in [-0.15, -0.1) is 11.5 Å². The highest BCUT2D eigenvalue weighted by Gasteiger charge is 2.26. The van der Waals surface area contributed by atoms with Gasteiger partial charge in [-0.2, -0.15) is 0 Å². The topological polar surface area (TPSA) is 253 Å². The predicted molar refractivity (Wildman–Crippen MR) is 143 cm³/mol. The first kappa shape index (κ1) is 29.2. The summed E-state index contributed by atoms with van der Waals surface area (Å²) in [6, 6.07) is 7.90.